The lowest BCUT2D eigenvalue weighted by atomic mass is 10.1. The normalized spacial score (nSPS) is 24.9. The first kappa shape index (κ1) is 14.7. The predicted octanol–water partition coefficient (Wildman–Crippen LogP) is 3.35. The number of ether oxygens (including phenoxy) is 1. The zero-order valence-corrected chi connectivity index (χ0v) is 12.6. The second-order valence-corrected chi connectivity index (χ2v) is 9.68. The van der Waals surface area contributed by atoms with Crippen molar-refractivity contribution in [1.82, 2.24) is 0 Å². The van der Waals surface area contributed by atoms with Gasteiger partial charge in [-0.25, -0.2) is 0 Å². The molecule has 0 amide bonds. The molecule has 1 saturated carbocycles. The molecule has 1 aliphatic rings. The highest BCUT2D eigenvalue weighted by molar-refractivity contribution is 6.73. The fraction of sp³-hybridized carbons (Fsp3) is 0.923. The highest BCUT2D eigenvalue weighted by atomic mass is 28.4. The molecule has 4 heteroatoms. The Hall–Kier alpha value is -0.353. The zero-order chi connectivity index (χ0) is 12.9. The predicted molar refractivity (Wildman–Crippen MR) is 71.4 cm³/mol. The van der Waals surface area contributed by atoms with Crippen molar-refractivity contribution in [3.8, 4) is 0 Å². The number of methoxy groups -OCH3 is 1. The number of esters is 1. The highest BCUT2D eigenvalue weighted by Gasteiger charge is 2.40. The van der Waals surface area contributed by atoms with Gasteiger partial charge in [0.2, 0.25) is 0 Å². The van der Waals surface area contributed by atoms with Crippen LogP contribution in [-0.4, -0.2) is 27.5 Å². The second kappa shape index (κ2) is 6.54. The molecule has 0 radical (unpaired) electrons. The van der Waals surface area contributed by atoms with Crippen LogP contribution >= 0.6 is 0 Å². The summed E-state index contributed by atoms with van der Waals surface area (Å²) < 4.78 is 11.3. The van der Waals surface area contributed by atoms with E-state index in [4.69, 9.17) is 9.16 Å². The molecular formula is C13H26O3Si. The Morgan fingerprint density at radius 3 is 2.24 bits per heavy atom. The van der Waals surface area contributed by atoms with Crippen LogP contribution in [-0.2, 0) is 14.0 Å². The first-order valence-electron chi connectivity index (χ1n) is 6.88. The Balaban J connectivity index is 2.68. The van der Waals surface area contributed by atoms with E-state index in [0.29, 0.717) is 0 Å². The fourth-order valence-electron chi connectivity index (χ4n) is 2.81. The fourth-order valence-corrected chi connectivity index (χ4v) is 5.73. The molecule has 0 bridgehead atoms. The van der Waals surface area contributed by atoms with Crippen LogP contribution in [0.25, 0.3) is 0 Å². The lowest BCUT2D eigenvalue weighted by molar-refractivity contribution is -0.147. The quantitative estimate of drug-likeness (QED) is 0.541. The van der Waals surface area contributed by atoms with Crippen molar-refractivity contribution < 1.29 is 14.0 Å². The number of carbonyl (C=O) groups is 1. The average molecular weight is 258 g/mol. The molecule has 2 atom stereocenters. The Morgan fingerprint density at radius 1 is 1.18 bits per heavy atom. The Morgan fingerprint density at radius 2 is 1.76 bits per heavy atom. The summed E-state index contributed by atoms with van der Waals surface area (Å²) in [6.45, 7) is 6.67. The van der Waals surface area contributed by atoms with Gasteiger partial charge >= 0.3 is 5.97 Å². The molecular weight excluding hydrogens is 232 g/mol. The van der Waals surface area contributed by atoms with Gasteiger partial charge in [0, 0.05) is 0 Å². The van der Waals surface area contributed by atoms with E-state index in [2.05, 4.69) is 20.8 Å². The Kier molecular flexibility index (Phi) is 5.66. The smallest absolute Gasteiger partial charge is 0.311 e. The lowest BCUT2D eigenvalue weighted by Gasteiger charge is -2.33. The van der Waals surface area contributed by atoms with Gasteiger partial charge in [-0.1, -0.05) is 20.8 Å². The molecule has 0 saturated heterocycles. The van der Waals surface area contributed by atoms with Gasteiger partial charge in [0.15, 0.2) is 8.32 Å². The van der Waals surface area contributed by atoms with E-state index in [-0.39, 0.29) is 18.0 Å². The summed E-state index contributed by atoms with van der Waals surface area (Å²) in [4.78, 5) is 11.7. The van der Waals surface area contributed by atoms with Crippen LogP contribution in [0.3, 0.4) is 0 Å². The molecule has 0 aromatic heterocycles. The summed E-state index contributed by atoms with van der Waals surface area (Å²) in [5.74, 6) is -0.102. The molecule has 1 rings (SSSR count). The minimum atomic E-state index is -1.59. The molecule has 0 aromatic rings. The number of hydrogen-bond acceptors (Lipinski definition) is 3. The molecule has 100 valence electrons. The first-order chi connectivity index (χ1) is 8.12. The van der Waals surface area contributed by atoms with Crippen molar-refractivity contribution >= 4 is 14.3 Å². The minimum Gasteiger partial charge on any atom is -0.469 e. The zero-order valence-electron chi connectivity index (χ0n) is 11.6. The van der Waals surface area contributed by atoms with Crippen LogP contribution in [0.2, 0.25) is 18.1 Å². The Labute approximate surface area is 106 Å². The van der Waals surface area contributed by atoms with Crippen molar-refractivity contribution in [1.29, 1.82) is 0 Å². The molecule has 0 unspecified atom stereocenters. The monoisotopic (exact) mass is 258 g/mol. The largest absolute Gasteiger partial charge is 0.469 e. The molecule has 0 spiro atoms. The number of hydrogen-bond donors (Lipinski definition) is 0. The van der Waals surface area contributed by atoms with Gasteiger partial charge in [0.05, 0.1) is 19.1 Å². The van der Waals surface area contributed by atoms with Crippen LogP contribution in [0.1, 0.15) is 40.0 Å². The number of carbonyl (C=O) groups excluding carboxylic acids is 1. The summed E-state index contributed by atoms with van der Waals surface area (Å²) in [6, 6.07) is 3.43. The third-order valence-electron chi connectivity index (χ3n) is 4.29. The van der Waals surface area contributed by atoms with E-state index in [1.54, 1.807) is 0 Å². The summed E-state index contributed by atoms with van der Waals surface area (Å²) >= 11 is 0. The molecule has 3 nitrogen and oxygen atoms in total. The van der Waals surface area contributed by atoms with Gasteiger partial charge in [-0.15, -0.1) is 0 Å². The molecule has 1 aliphatic carbocycles. The molecule has 1 fully saturated rings. The third-order valence-corrected chi connectivity index (χ3v) is 8.96. The highest BCUT2D eigenvalue weighted by Crippen LogP contribution is 2.34. The minimum absolute atomic E-state index is 0.0171. The maximum Gasteiger partial charge on any atom is 0.311 e. The summed E-state index contributed by atoms with van der Waals surface area (Å²) in [7, 11) is -0.117. The standard InChI is InChI=1S/C13H26O3Si/c1-5-17(6-2,7-3)16-12-10-8-9-11(12)13(14)15-4/h11-12H,5-10H2,1-4H3/t11-,12-/m1/s1. The lowest BCUT2D eigenvalue weighted by Crippen LogP contribution is -2.42. The maximum absolute atomic E-state index is 11.7. The van der Waals surface area contributed by atoms with Crippen LogP contribution in [0, 0.1) is 5.92 Å². The third kappa shape index (κ3) is 3.32. The molecule has 0 heterocycles. The molecule has 0 N–H and O–H groups in total. The van der Waals surface area contributed by atoms with Crippen LogP contribution in [0.15, 0.2) is 0 Å². The van der Waals surface area contributed by atoms with Gasteiger partial charge in [-0.05, 0) is 37.4 Å². The van der Waals surface area contributed by atoms with Crippen LogP contribution < -0.4 is 0 Å². The van der Waals surface area contributed by atoms with Crippen molar-refractivity contribution in [3.63, 3.8) is 0 Å². The van der Waals surface area contributed by atoms with E-state index in [9.17, 15) is 4.79 Å². The van der Waals surface area contributed by atoms with E-state index in [1.165, 1.54) is 7.11 Å². The summed E-state index contributed by atoms with van der Waals surface area (Å²) in [5.41, 5.74) is 0. The number of rotatable bonds is 6. The van der Waals surface area contributed by atoms with Crippen LogP contribution in [0.4, 0.5) is 0 Å². The first-order valence-corrected chi connectivity index (χ1v) is 9.41. The van der Waals surface area contributed by atoms with E-state index in [1.807, 2.05) is 0 Å². The van der Waals surface area contributed by atoms with Crippen LogP contribution in [0.5, 0.6) is 0 Å². The van der Waals surface area contributed by atoms with Gasteiger partial charge < -0.3 is 9.16 Å². The summed E-state index contributed by atoms with van der Waals surface area (Å²) in [5, 5.41) is 0. The van der Waals surface area contributed by atoms with Crippen molar-refractivity contribution in [2.75, 3.05) is 7.11 Å². The average Bonchev–Trinajstić information content (AvgIpc) is 2.83. The van der Waals surface area contributed by atoms with Gasteiger partial charge in [0.25, 0.3) is 0 Å². The molecule has 17 heavy (non-hydrogen) atoms. The maximum atomic E-state index is 11.7. The SMILES string of the molecule is CC[Si](CC)(CC)O[C@@H]1CCC[C@H]1C(=O)OC. The second-order valence-electron chi connectivity index (χ2n) is 4.96. The van der Waals surface area contributed by atoms with Gasteiger partial charge in [-0.3, -0.25) is 4.79 Å². The van der Waals surface area contributed by atoms with Gasteiger partial charge in [0.1, 0.15) is 0 Å². The summed E-state index contributed by atoms with van der Waals surface area (Å²) in [6.07, 6.45) is 3.16. The van der Waals surface area contributed by atoms with Gasteiger partial charge in [-0.2, -0.15) is 0 Å². The van der Waals surface area contributed by atoms with Crippen molar-refractivity contribution in [2.45, 2.75) is 64.3 Å². The van der Waals surface area contributed by atoms with E-state index >= 15 is 0 Å². The van der Waals surface area contributed by atoms with Crippen molar-refractivity contribution in [3.05, 3.63) is 0 Å². The topological polar surface area (TPSA) is 35.5 Å². The van der Waals surface area contributed by atoms with E-state index in [0.717, 1.165) is 37.4 Å². The molecule has 0 aromatic carbocycles. The van der Waals surface area contributed by atoms with Crippen molar-refractivity contribution in [2.24, 2.45) is 5.92 Å². The Bertz CT molecular complexity index is 243. The van der Waals surface area contributed by atoms with E-state index < -0.39 is 8.32 Å². The molecule has 0 aliphatic heterocycles.